The highest BCUT2D eigenvalue weighted by atomic mass is 16.3. The lowest BCUT2D eigenvalue weighted by Crippen LogP contribution is -2.40. The normalized spacial score (nSPS) is 19.8. The molecule has 0 radical (unpaired) electrons. The first kappa shape index (κ1) is 19.4. The molecule has 1 aromatic carbocycles. The quantitative estimate of drug-likeness (QED) is 0.764. The number of carbonyl (C=O) groups is 2. The van der Waals surface area contributed by atoms with Crippen LogP contribution in [0.5, 0.6) is 0 Å². The van der Waals surface area contributed by atoms with E-state index in [-0.39, 0.29) is 17.7 Å². The van der Waals surface area contributed by atoms with E-state index in [1.807, 2.05) is 29.2 Å². The highest BCUT2D eigenvalue weighted by Crippen LogP contribution is 2.33. The van der Waals surface area contributed by atoms with Gasteiger partial charge in [-0.25, -0.2) is 0 Å². The number of carbonyl (C=O) groups excluding carboxylic acids is 2. The highest BCUT2D eigenvalue weighted by Gasteiger charge is 2.30. The Morgan fingerprint density at radius 3 is 2.53 bits per heavy atom. The number of hydrogen-bond donors (Lipinski definition) is 1. The van der Waals surface area contributed by atoms with Crippen LogP contribution >= 0.6 is 0 Å². The molecule has 0 unspecified atom stereocenters. The summed E-state index contributed by atoms with van der Waals surface area (Å²) < 4.78 is 6.15. The van der Waals surface area contributed by atoms with Gasteiger partial charge in [0.2, 0.25) is 11.8 Å². The van der Waals surface area contributed by atoms with Gasteiger partial charge >= 0.3 is 0 Å². The average Bonchev–Trinajstić information content (AvgIpc) is 3.16. The maximum Gasteiger partial charge on any atom is 0.227 e. The first-order valence-electron chi connectivity index (χ1n) is 11.5. The number of nitrogens with zero attached hydrogens (tertiary/aromatic N) is 1. The topological polar surface area (TPSA) is 62.6 Å². The van der Waals surface area contributed by atoms with Crippen LogP contribution in [0.2, 0.25) is 0 Å². The second kappa shape index (κ2) is 8.29. The van der Waals surface area contributed by atoms with E-state index < -0.39 is 0 Å². The van der Waals surface area contributed by atoms with Crippen molar-refractivity contribution in [2.75, 3.05) is 11.9 Å². The van der Waals surface area contributed by atoms with E-state index in [1.165, 1.54) is 19.3 Å². The lowest BCUT2D eigenvalue weighted by Gasteiger charge is -2.31. The molecule has 1 aromatic heterocycles. The first-order chi connectivity index (χ1) is 14.7. The van der Waals surface area contributed by atoms with Gasteiger partial charge in [-0.3, -0.25) is 9.59 Å². The van der Waals surface area contributed by atoms with Gasteiger partial charge in [0.15, 0.2) is 0 Å². The van der Waals surface area contributed by atoms with Gasteiger partial charge < -0.3 is 14.6 Å². The molecule has 2 heterocycles. The van der Waals surface area contributed by atoms with Crippen LogP contribution in [-0.4, -0.2) is 23.3 Å². The summed E-state index contributed by atoms with van der Waals surface area (Å²) in [7, 11) is 0. The Morgan fingerprint density at radius 2 is 1.77 bits per heavy atom. The molecule has 3 aliphatic rings. The number of benzene rings is 1. The summed E-state index contributed by atoms with van der Waals surface area (Å²) in [5, 5.41) is 3.04. The number of rotatable bonds is 4. The fraction of sp³-hybridized carbons (Fsp3) is 0.520. The number of amides is 2. The molecule has 0 spiro atoms. The Bertz CT molecular complexity index is 938. The SMILES string of the molecule is O=C(Nc1cccc(-c2cc3c(o2)CCN(C(=O)C2CCCCC2)C3)c1)C1CCC1. The molecule has 2 fully saturated rings. The van der Waals surface area contributed by atoms with Gasteiger partial charge in [0.25, 0.3) is 0 Å². The van der Waals surface area contributed by atoms with Crippen LogP contribution in [0.15, 0.2) is 34.7 Å². The molecular weight excluding hydrogens is 376 g/mol. The summed E-state index contributed by atoms with van der Waals surface area (Å²) in [6, 6.07) is 9.93. The molecule has 0 bridgehead atoms. The third-order valence-corrected chi connectivity index (χ3v) is 7.02. The van der Waals surface area contributed by atoms with Crippen LogP contribution in [0.25, 0.3) is 11.3 Å². The van der Waals surface area contributed by atoms with Crippen LogP contribution < -0.4 is 5.32 Å². The standard InChI is InChI=1S/C25H30N2O3/c28-24(17-8-4-9-17)26-21-11-5-10-19(14-21)23-15-20-16-27(13-12-22(20)30-23)25(29)18-6-2-1-3-7-18/h5,10-11,14-15,17-18H,1-4,6-9,12-13,16H2,(H,26,28). The van der Waals surface area contributed by atoms with E-state index in [2.05, 4.69) is 11.4 Å². The summed E-state index contributed by atoms with van der Waals surface area (Å²) >= 11 is 0. The van der Waals surface area contributed by atoms with E-state index in [4.69, 9.17) is 4.42 Å². The molecule has 30 heavy (non-hydrogen) atoms. The zero-order valence-corrected chi connectivity index (χ0v) is 17.5. The van der Waals surface area contributed by atoms with E-state index >= 15 is 0 Å². The van der Waals surface area contributed by atoms with Crippen LogP contribution in [0, 0.1) is 11.8 Å². The Morgan fingerprint density at radius 1 is 0.967 bits per heavy atom. The van der Waals surface area contributed by atoms with Crippen molar-refractivity contribution in [3.05, 3.63) is 41.7 Å². The highest BCUT2D eigenvalue weighted by molar-refractivity contribution is 5.93. The Hall–Kier alpha value is -2.56. The van der Waals surface area contributed by atoms with Crippen LogP contribution in [0.1, 0.15) is 62.7 Å². The largest absolute Gasteiger partial charge is 0.461 e. The van der Waals surface area contributed by atoms with Gasteiger partial charge in [-0.2, -0.15) is 0 Å². The van der Waals surface area contributed by atoms with Crippen molar-refractivity contribution in [2.45, 2.75) is 64.3 Å². The van der Waals surface area contributed by atoms with Crippen LogP contribution in [0.3, 0.4) is 0 Å². The minimum atomic E-state index is 0.119. The Kier molecular flexibility index (Phi) is 5.36. The summed E-state index contributed by atoms with van der Waals surface area (Å²) in [6.07, 6.45) is 9.61. The smallest absolute Gasteiger partial charge is 0.227 e. The van der Waals surface area contributed by atoms with Crippen molar-refractivity contribution in [1.29, 1.82) is 0 Å². The van der Waals surface area contributed by atoms with Gasteiger partial charge in [0.1, 0.15) is 11.5 Å². The molecule has 0 saturated heterocycles. The Balaban J connectivity index is 1.29. The molecule has 2 aromatic rings. The molecule has 0 atom stereocenters. The summed E-state index contributed by atoms with van der Waals surface area (Å²) in [5.41, 5.74) is 2.89. The maximum absolute atomic E-state index is 12.9. The third kappa shape index (κ3) is 3.90. The minimum Gasteiger partial charge on any atom is -0.461 e. The zero-order valence-electron chi connectivity index (χ0n) is 17.5. The fourth-order valence-electron chi connectivity index (χ4n) is 4.94. The molecule has 2 aliphatic carbocycles. The molecule has 158 valence electrons. The van der Waals surface area contributed by atoms with E-state index in [9.17, 15) is 9.59 Å². The van der Waals surface area contributed by atoms with Crippen LogP contribution in [-0.2, 0) is 22.6 Å². The lowest BCUT2D eigenvalue weighted by molar-refractivity contribution is -0.137. The summed E-state index contributed by atoms with van der Waals surface area (Å²) in [5.74, 6) is 2.62. The minimum absolute atomic E-state index is 0.119. The van der Waals surface area contributed by atoms with Gasteiger partial charge in [-0.05, 0) is 43.9 Å². The van der Waals surface area contributed by atoms with Crippen molar-refractivity contribution < 1.29 is 14.0 Å². The number of furan rings is 1. The lowest BCUT2D eigenvalue weighted by atomic mass is 9.85. The molecule has 2 saturated carbocycles. The first-order valence-corrected chi connectivity index (χ1v) is 11.5. The second-order valence-corrected chi connectivity index (χ2v) is 9.10. The molecule has 5 heteroatoms. The number of fused-ring (bicyclic) bond motifs is 1. The van der Waals surface area contributed by atoms with Crippen LogP contribution in [0.4, 0.5) is 5.69 Å². The van der Waals surface area contributed by atoms with Crippen molar-refractivity contribution in [3.8, 4) is 11.3 Å². The predicted octanol–water partition coefficient (Wildman–Crippen LogP) is 5.15. The second-order valence-electron chi connectivity index (χ2n) is 9.10. The fourth-order valence-corrected chi connectivity index (χ4v) is 4.94. The van der Waals surface area contributed by atoms with E-state index in [0.29, 0.717) is 12.5 Å². The molecule has 2 amide bonds. The number of anilines is 1. The maximum atomic E-state index is 12.9. The molecular formula is C25H30N2O3. The average molecular weight is 407 g/mol. The van der Waals surface area contributed by atoms with Gasteiger partial charge in [0.05, 0.1) is 0 Å². The van der Waals surface area contributed by atoms with E-state index in [0.717, 1.165) is 73.4 Å². The third-order valence-electron chi connectivity index (χ3n) is 7.02. The molecule has 5 nitrogen and oxygen atoms in total. The van der Waals surface area contributed by atoms with Gasteiger partial charge in [-0.1, -0.05) is 37.8 Å². The summed E-state index contributed by atoms with van der Waals surface area (Å²) in [4.78, 5) is 27.2. The van der Waals surface area contributed by atoms with Crippen molar-refractivity contribution in [3.63, 3.8) is 0 Å². The number of hydrogen-bond acceptors (Lipinski definition) is 3. The van der Waals surface area contributed by atoms with Gasteiger partial charge in [0, 0.05) is 48.2 Å². The molecule has 5 rings (SSSR count). The molecule has 1 N–H and O–H groups in total. The zero-order chi connectivity index (χ0) is 20.5. The monoisotopic (exact) mass is 406 g/mol. The van der Waals surface area contributed by atoms with Gasteiger partial charge in [-0.15, -0.1) is 0 Å². The molecule has 1 aliphatic heterocycles. The van der Waals surface area contributed by atoms with E-state index in [1.54, 1.807) is 0 Å². The predicted molar refractivity (Wildman–Crippen MR) is 116 cm³/mol. The van der Waals surface area contributed by atoms with Crippen molar-refractivity contribution in [2.24, 2.45) is 11.8 Å². The Labute approximate surface area is 177 Å². The number of nitrogens with one attached hydrogen (secondary N) is 1. The summed E-state index contributed by atoms with van der Waals surface area (Å²) in [6.45, 7) is 1.39. The van der Waals surface area contributed by atoms with Crippen molar-refractivity contribution in [1.82, 2.24) is 4.90 Å². The van der Waals surface area contributed by atoms with Crippen molar-refractivity contribution >= 4 is 17.5 Å².